The summed E-state index contributed by atoms with van der Waals surface area (Å²) in [6.07, 6.45) is 0. The van der Waals surface area contributed by atoms with Gasteiger partial charge in [0, 0.05) is 17.1 Å². The van der Waals surface area contributed by atoms with E-state index in [1.54, 1.807) is 30.3 Å². The highest BCUT2D eigenvalue weighted by molar-refractivity contribution is 6.30. The predicted molar refractivity (Wildman–Crippen MR) is 66.8 cm³/mol. The van der Waals surface area contributed by atoms with Gasteiger partial charge in [0.1, 0.15) is 11.6 Å². The number of hydrogen-bond acceptors (Lipinski definition) is 2. The van der Waals surface area contributed by atoms with Crippen LogP contribution in [0.4, 0.5) is 10.1 Å². The molecule has 0 amide bonds. The van der Waals surface area contributed by atoms with E-state index in [0.29, 0.717) is 22.8 Å². The molecule has 2 N–H and O–H groups in total. The Hall–Kier alpha value is -1.74. The fourth-order valence-corrected chi connectivity index (χ4v) is 1.64. The molecular formula is C13H11ClFNO. The highest BCUT2D eigenvalue weighted by atomic mass is 35.5. The maximum absolute atomic E-state index is 13.4. The molecule has 2 aromatic rings. The quantitative estimate of drug-likeness (QED) is 0.870. The van der Waals surface area contributed by atoms with Gasteiger partial charge in [-0.05, 0) is 24.3 Å². The van der Waals surface area contributed by atoms with Crippen LogP contribution in [0.3, 0.4) is 0 Å². The maximum atomic E-state index is 13.4. The Labute approximate surface area is 104 Å². The van der Waals surface area contributed by atoms with E-state index in [0.717, 1.165) is 0 Å². The summed E-state index contributed by atoms with van der Waals surface area (Å²) in [7, 11) is 0. The molecular weight excluding hydrogens is 241 g/mol. The summed E-state index contributed by atoms with van der Waals surface area (Å²) in [5.74, 6) is -0.220. The molecule has 0 saturated heterocycles. The topological polar surface area (TPSA) is 32.3 Å². The summed E-state index contributed by atoms with van der Waals surface area (Å²) < 4.78 is 13.4. The number of para-hydroxylation sites is 1. The molecule has 0 aliphatic carbocycles. The lowest BCUT2D eigenvalue weighted by atomic mass is 10.2. The Morgan fingerprint density at radius 2 is 1.94 bits per heavy atom. The van der Waals surface area contributed by atoms with Gasteiger partial charge >= 0.3 is 0 Å². The molecule has 0 atom stereocenters. The van der Waals surface area contributed by atoms with Crippen molar-refractivity contribution in [2.24, 2.45) is 0 Å². The minimum absolute atomic E-state index is 0.189. The van der Waals surface area contributed by atoms with Crippen LogP contribution < -0.4 is 5.32 Å². The van der Waals surface area contributed by atoms with E-state index in [1.807, 2.05) is 6.07 Å². The van der Waals surface area contributed by atoms with Crippen LogP contribution in [0.1, 0.15) is 5.56 Å². The molecule has 0 spiro atoms. The van der Waals surface area contributed by atoms with Gasteiger partial charge in [-0.15, -0.1) is 0 Å². The second-order valence-electron chi connectivity index (χ2n) is 3.61. The standard InChI is InChI=1S/C13H11ClFNO/c14-10-5-6-12(11(15)7-10)16-8-9-3-1-2-4-13(9)17/h1-7,16-17H,8H2. The molecule has 0 aliphatic heterocycles. The fourth-order valence-electron chi connectivity index (χ4n) is 1.48. The molecule has 2 nitrogen and oxygen atoms in total. The third-order valence-electron chi connectivity index (χ3n) is 2.39. The van der Waals surface area contributed by atoms with Crippen molar-refractivity contribution in [1.29, 1.82) is 0 Å². The summed E-state index contributed by atoms with van der Waals surface area (Å²) in [6, 6.07) is 11.3. The number of benzene rings is 2. The summed E-state index contributed by atoms with van der Waals surface area (Å²) in [6.45, 7) is 0.352. The largest absolute Gasteiger partial charge is 0.508 e. The van der Waals surface area contributed by atoms with E-state index in [4.69, 9.17) is 11.6 Å². The normalized spacial score (nSPS) is 10.2. The number of nitrogens with one attached hydrogen (secondary N) is 1. The van der Waals surface area contributed by atoms with E-state index >= 15 is 0 Å². The second kappa shape index (κ2) is 5.06. The zero-order valence-electron chi connectivity index (χ0n) is 8.95. The molecule has 0 bridgehead atoms. The van der Waals surface area contributed by atoms with Crippen molar-refractivity contribution in [3.8, 4) is 5.75 Å². The number of hydrogen-bond donors (Lipinski definition) is 2. The molecule has 2 rings (SSSR count). The summed E-state index contributed by atoms with van der Waals surface area (Å²) in [5.41, 5.74) is 1.07. The van der Waals surface area contributed by atoms with Crippen LogP contribution in [0.25, 0.3) is 0 Å². The van der Waals surface area contributed by atoms with Crippen LogP contribution in [-0.4, -0.2) is 5.11 Å². The predicted octanol–water partition coefficient (Wildman–Crippen LogP) is 3.80. The zero-order valence-corrected chi connectivity index (χ0v) is 9.71. The molecule has 0 radical (unpaired) electrons. The number of phenols is 1. The van der Waals surface area contributed by atoms with Crippen LogP contribution in [-0.2, 0) is 6.54 Å². The Morgan fingerprint density at radius 1 is 1.18 bits per heavy atom. The van der Waals surface area contributed by atoms with E-state index in [-0.39, 0.29) is 5.75 Å². The van der Waals surface area contributed by atoms with E-state index in [2.05, 4.69) is 5.32 Å². The van der Waals surface area contributed by atoms with Gasteiger partial charge < -0.3 is 10.4 Å². The van der Waals surface area contributed by atoms with Gasteiger partial charge in [-0.2, -0.15) is 0 Å². The van der Waals surface area contributed by atoms with Gasteiger partial charge in [0.15, 0.2) is 0 Å². The monoisotopic (exact) mass is 251 g/mol. The molecule has 0 fully saturated rings. The summed E-state index contributed by atoms with van der Waals surface area (Å²) >= 11 is 5.65. The van der Waals surface area contributed by atoms with Crippen molar-refractivity contribution in [3.05, 3.63) is 58.9 Å². The third kappa shape index (κ3) is 2.88. The van der Waals surface area contributed by atoms with Crippen molar-refractivity contribution in [2.75, 3.05) is 5.32 Å². The van der Waals surface area contributed by atoms with E-state index in [9.17, 15) is 9.50 Å². The molecule has 0 aliphatic rings. The van der Waals surface area contributed by atoms with Crippen LogP contribution in [0, 0.1) is 5.82 Å². The molecule has 0 heterocycles. The molecule has 0 aromatic heterocycles. The number of aromatic hydroxyl groups is 1. The third-order valence-corrected chi connectivity index (χ3v) is 2.63. The first-order valence-corrected chi connectivity index (χ1v) is 5.50. The molecule has 2 aromatic carbocycles. The van der Waals surface area contributed by atoms with Crippen molar-refractivity contribution < 1.29 is 9.50 Å². The number of rotatable bonds is 3. The van der Waals surface area contributed by atoms with E-state index in [1.165, 1.54) is 6.07 Å². The minimum Gasteiger partial charge on any atom is -0.508 e. The van der Waals surface area contributed by atoms with Gasteiger partial charge in [-0.1, -0.05) is 29.8 Å². The van der Waals surface area contributed by atoms with Crippen LogP contribution in [0.5, 0.6) is 5.75 Å². The van der Waals surface area contributed by atoms with Gasteiger partial charge in [0.25, 0.3) is 0 Å². The summed E-state index contributed by atoms with van der Waals surface area (Å²) in [5, 5.41) is 12.8. The number of halogens is 2. The Morgan fingerprint density at radius 3 is 2.65 bits per heavy atom. The first-order valence-electron chi connectivity index (χ1n) is 5.12. The first-order chi connectivity index (χ1) is 8.16. The average molecular weight is 252 g/mol. The molecule has 17 heavy (non-hydrogen) atoms. The average Bonchev–Trinajstić information content (AvgIpc) is 2.30. The lowest BCUT2D eigenvalue weighted by Crippen LogP contribution is -2.01. The molecule has 0 unspecified atom stereocenters. The highest BCUT2D eigenvalue weighted by Crippen LogP contribution is 2.21. The Kier molecular flexibility index (Phi) is 3.49. The second-order valence-corrected chi connectivity index (χ2v) is 4.04. The Balaban J connectivity index is 2.10. The Bertz CT molecular complexity index is 531. The number of anilines is 1. The van der Waals surface area contributed by atoms with Crippen molar-refractivity contribution >= 4 is 17.3 Å². The molecule has 4 heteroatoms. The molecule has 88 valence electrons. The van der Waals surface area contributed by atoms with Crippen LogP contribution >= 0.6 is 11.6 Å². The SMILES string of the molecule is Oc1ccccc1CNc1ccc(Cl)cc1F. The number of phenolic OH excluding ortho intramolecular Hbond substituents is 1. The van der Waals surface area contributed by atoms with Gasteiger partial charge in [0.05, 0.1) is 5.69 Å². The maximum Gasteiger partial charge on any atom is 0.147 e. The van der Waals surface area contributed by atoms with Crippen molar-refractivity contribution in [2.45, 2.75) is 6.54 Å². The van der Waals surface area contributed by atoms with Crippen molar-refractivity contribution in [1.82, 2.24) is 0 Å². The fraction of sp³-hybridized carbons (Fsp3) is 0.0769. The summed E-state index contributed by atoms with van der Waals surface area (Å²) in [4.78, 5) is 0. The van der Waals surface area contributed by atoms with Crippen molar-refractivity contribution in [3.63, 3.8) is 0 Å². The van der Waals surface area contributed by atoms with Gasteiger partial charge in [-0.3, -0.25) is 0 Å². The zero-order chi connectivity index (χ0) is 12.3. The molecule has 0 saturated carbocycles. The minimum atomic E-state index is -0.409. The highest BCUT2D eigenvalue weighted by Gasteiger charge is 2.04. The lowest BCUT2D eigenvalue weighted by molar-refractivity contribution is 0.469. The lowest BCUT2D eigenvalue weighted by Gasteiger charge is -2.09. The van der Waals surface area contributed by atoms with Gasteiger partial charge in [0.2, 0.25) is 0 Å². The first kappa shape index (κ1) is 11.7. The smallest absolute Gasteiger partial charge is 0.147 e. The van der Waals surface area contributed by atoms with Gasteiger partial charge in [-0.25, -0.2) is 4.39 Å². The van der Waals surface area contributed by atoms with E-state index < -0.39 is 5.82 Å². The van der Waals surface area contributed by atoms with Crippen LogP contribution in [0.15, 0.2) is 42.5 Å². The van der Waals surface area contributed by atoms with Crippen LogP contribution in [0.2, 0.25) is 5.02 Å².